The van der Waals surface area contributed by atoms with E-state index in [1.165, 1.54) is 14.2 Å². The van der Waals surface area contributed by atoms with Gasteiger partial charge in [0.15, 0.2) is 5.82 Å². The number of pyridine rings is 1. The minimum Gasteiger partial charge on any atom is -0.497 e. The van der Waals surface area contributed by atoms with Crippen LogP contribution in [0, 0.1) is 0 Å². The lowest BCUT2D eigenvalue weighted by Gasteiger charge is -2.22. The van der Waals surface area contributed by atoms with Gasteiger partial charge in [0.1, 0.15) is 22.5 Å². The smallest absolute Gasteiger partial charge is 0.451 e. The largest absolute Gasteiger partial charge is 0.497 e. The summed E-state index contributed by atoms with van der Waals surface area (Å²) in [6.45, 7) is 0.479. The summed E-state index contributed by atoms with van der Waals surface area (Å²) in [7, 11) is 4.67. The van der Waals surface area contributed by atoms with Gasteiger partial charge in [-0.1, -0.05) is 23.7 Å². The van der Waals surface area contributed by atoms with E-state index < -0.39 is 12.0 Å². The second-order valence-electron chi connectivity index (χ2n) is 9.92. The maximum Gasteiger partial charge on any atom is 0.451 e. The lowest BCUT2D eigenvalue weighted by atomic mass is 10.1. The quantitative estimate of drug-likeness (QED) is 0.221. The molecule has 1 aliphatic rings. The lowest BCUT2D eigenvalue weighted by molar-refractivity contribution is -0.147. The molecule has 14 heteroatoms. The van der Waals surface area contributed by atoms with E-state index in [1.54, 1.807) is 59.0 Å². The number of halogens is 4. The van der Waals surface area contributed by atoms with Crippen LogP contribution in [0.15, 0.2) is 42.7 Å². The summed E-state index contributed by atoms with van der Waals surface area (Å²) in [6.07, 6.45) is 1.24. The van der Waals surface area contributed by atoms with Gasteiger partial charge in [-0.15, -0.1) is 5.10 Å². The zero-order chi connectivity index (χ0) is 29.6. The Morgan fingerprint density at radius 2 is 1.88 bits per heavy atom. The van der Waals surface area contributed by atoms with Crippen LogP contribution in [0.25, 0.3) is 33.7 Å². The molecule has 4 aromatic heterocycles. The molecule has 0 spiro atoms. The molecule has 1 fully saturated rings. The van der Waals surface area contributed by atoms with Gasteiger partial charge in [-0.25, -0.2) is 19.3 Å². The number of hydrogen-bond donors (Lipinski definition) is 0. The van der Waals surface area contributed by atoms with Crippen molar-refractivity contribution in [2.45, 2.75) is 38.2 Å². The summed E-state index contributed by atoms with van der Waals surface area (Å²) in [5.74, 6) is -0.475. The van der Waals surface area contributed by atoms with Gasteiger partial charge >= 0.3 is 6.18 Å². The van der Waals surface area contributed by atoms with Crippen LogP contribution < -0.4 is 9.47 Å². The second kappa shape index (κ2) is 11.0. The summed E-state index contributed by atoms with van der Waals surface area (Å²) >= 11 is 6.41. The van der Waals surface area contributed by atoms with Gasteiger partial charge < -0.3 is 18.8 Å². The molecule has 220 valence electrons. The predicted octanol–water partition coefficient (Wildman–Crippen LogP) is 6.13. The fourth-order valence-corrected chi connectivity index (χ4v) is 5.43. The van der Waals surface area contributed by atoms with Crippen molar-refractivity contribution in [2.75, 3.05) is 20.8 Å². The summed E-state index contributed by atoms with van der Waals surface area (Å²) in [5.41, 5.74) is 3.05. The molecule has 10 nitrogen and oxygen atoms in total. The molecule has 0 amide bonds. The summed E-state index contributed by atoms with van der Waals surface area (Å²) in [5, 5.41) is 9.15. The van der Waals surface area contributed by atoms with Crippen LogP contribution in [0.4, 0.5) is 13.2 Å². The molecule has 5 heterocycles. The Hall–Kier alpha value is -4.10. The first-order valence-corrected chi connectivity index (χ1v) is 13.6. The number of benzene rings is 1. The molecule has 6 rings (SSSR count). The SMILES string of the molecule is COc1ccc(Cn2nc(-c3c(-c4cnn(C5CCCCO5)c4)c4nc(OC)c(Cl)cc4n3C)nc2C(F)(F)F)cc1. The van der Waals surface area contributed by atoms with Crippen LogP contribution in [0.5, 0.6) is 11.6 Å². The minimum atomic E-state index is -4.75. The third-order valence-electron chi connectivity index (χ3n) is 7.26. The van der Waals surface area contributed by atoms with Gasteiger partial charge in [-0.3, -0.25) is 0 Å². The molecule has 1 unspecified atom stereocenters. The zero-order valence-corrected chi connectivity index (χ0v) is 23.8. The molecule has 1 atom stereocenters. The van der Waals surface area contributed by atoms with E-state index in [2.05, 4.69) is 20.2 Å². The van der Waals surface area contributed by atoms with Gasteiger partial charge in [0, 0.05) is 31.0 Å². The summed E-state index contributed by atoms with van der Waals surface area (Å²) in [6, 6.07) is 8.38. The Morgan fingerprint density at radius 3 is 2.55 bits per heavy atom. The van der Waals surface area contributed by atoms with Crippen LogP contribution in [-0.4, -0.2) is 54.9 Å². The monoisotopic (exact) mass is 601 g/mol. The molecule has 5 aromatic rings. The number of nitrogens with zero attached hydrogens (tertiary/aromatic N) is 7. The second-order valence-corrected chi connectivity index (χ2v) is 10.3. The molecular weight excluding hydrogens is 575 g/mol. The van der Waals surface area contributed by atoms with Crippen molar-refractivity contribution in [3.8, 4) is 34.3 Å². The maximum atomic E-state index is 14.3. The first-order valence-electron chi connectivity index (χ1n) is 13.2. The van der Waals surface area contributed by atoms with E-state index in [9.17, 15) is 13.2 Å². The van der Waals surface area contributed by atoms with E-state index in [0.29, 0.717) is 45.8 Å². The fraction of sp³-hybridized carbons (Fsp3) is 0.357. The van der Waals surface area contributed by atoms with Crippen molar-refractivity contribution in [3.05, 3.63) is 59.1 Å². The van der Waals surface area contributed by atoms with E-state index >= 15 is 0 Å². The number of fused-ring (bicyclic) bond motifs is 1. The molecule has 0 radical (unpaired) electrons. The summed E-state index contributed by atoms with van der Waals surface area (Å²) < 4.78 is 63.5. The van der Waals surface area contributed by atoms with Crippen LogP contribution in [-0.2, 0) is 24.5 Å². The van der Waals surface area contributed by atoms with Crippen LogP contribution in [0.2, 0.25) is 5.02 Å². The highest BCUT2D eigenvalue weighted by molar-refractivity contribution is 6.32. The average molecular weight is 602 g/mol. The topological polar surface area (TPSA) is 94.0 Å². The highest BCUT2D eigenvalue weighted by Gasteiger charge is 2.39. The Labute approximate surface area is 243 Å². The Kier molecular flexibility index (Phi) is 7.31. The zero-order valence-electron chi connectivity index (χ0n) is 23.0. The first-order chi connectivity index (χ1) is 20.2. The molecule has 42 heavy (non-hydrogen) atoms. The number of methoxy groups -OCH3 is 2. The highest BCUT2D eigenvalue weighted by Crippen LogP contribution is 2.42. The third kappa shape index (κ3) is 5.07. The number of ether oxygens (including phenoxy) is 3. The number of hydrogen-bond acceptors (Lipinski definition) is 7. The maximum absolute atomic E-state index is 14.3. The minimum absolute atomic E-state index is 0.122. The molecule has 1 aromatic carbocycles. The number of alkyl halides is 3. The number of aromatic nitrogens is 7. The fourth-order valence-electron chi connectivity index (χ4n) is 5.20. The van der Waals surface area contributed by atoms with E-state index in [-0.39, 0.29) is 29.5 Å². The third-order valence-corrected chi connectivity index (χ3v) is 7.53. The molecule has 0 aliphatic carbocycles. The first kappa shape index (κ1) is 28.0. The molecular formula is C28H27ClF3N7O3. The van der Waals surface area contributed by atoms with E-state index in [0.717, 1.165) is 23.9 Å². The van der Waals surface area contributed by atoms with Crippen molar-refractivity contribution in [3.63, 3.8) is 0 Å². The summed E-state index contributed by atoms with van der Waals surface area (Å²) in [4.78, 5) is 8.64. The number of rotatable bonds is 7. The average Bonchev–Trinajstić information content (AvgIpc) is 3.70. The van der Waals surface area contributed by atoms with Crippen LogP contribution >= 0.6 is 11.6 Å². The number of aryl methyl sites for hydroxylation is 1. The highest BCUT2D eigenvalue weighted by atomic mass is 35.5. The molecule has 1 aliphatic heterocycles. The Balaban J connectivity index is 1.53. The van der Waals surface area contributed by atoms with Gasteiger partial charge in [0.25, 0.3) is 0 Å². The van der Waals surface area contributed by atoms with Crippen molar-refractivity contribution in [2.24, 2.45) is 7.05 Å². The van der Waals surface area contributed by atoms with Gasteiger partial charge in [0.05, 0.1) is 38.2 Å². The lowest BCUT2D eigenvalue weighted by Crippen LogP contribution is -2.18. The van der Waals surface area contributed by atoms with Crippen LogP contribution in [0.3, 0.4) is 0 Å². The van der Waals surface area contributed by atoms with Crippen molar-refractivity contribution < 1.29 is 27.4 Å². The molecule has 0 N–H and O–H groups in total. The van der Waals surface area contributed by atoms with E-state index in [1.807, 2.05) is 0 Å². The predicted molar refractivity (Wildman–Crippen MR) is 148 cm³/mol. The van der Waals surface area contributed by atoms with Gasteiger partial charge in [-0.05, 0) is 43.0 Å². The van der Waals surface area contributed by atoms with Crippen molar-refractivity contribution in [1.82, 2.24) is 34.1 Å². The Bertz CT molecular complexity index is 1740. The molecule has 1 saturated heterocycles. The van der Waals surface area contributed by atoms with Gasteiger partial charge in [-0.2, -0.15) is 18.3 Å². The molecule has 0 bridgehead atoms. The normalized spacial score (nSPS) is 15.8. The molecule has 0 saturated carbocycles. The van der Waals surface area contributed by atoms with Crippen molar-refractivity contribution >= 4 is 22.6 Å². The van der Waals surface area contributed by atoms with Crippen molar-refractivity contribution in [1.29, 1.82) is 0 Å². The van der Waals surface area contributed by atoms with Crippen LogP contribution in [0.1, 0.15) is 36.9 Å². The van der Waals surface area contributed by atoms with Gasteiger partial charge in [0.2, 0.25) is 11.7 Å². The standard InChI is InChI=1S/C28H27ClF3N7O3/c1-37-20-12-19(29)26(41-3)34-23(20)22(17-13-33-38(15-17)21-6-4-5-11-42-21)24(37)25-35-27(28(30,31)32)39(36-25)14-16-7-9-18(40-2)10-8-16/h7-10,12-13,15,21H,4-6,11,14H2,1-3H3. The Morgan fingerprint density at radius 1 is 1.10 bits per heavy atom. The van der Waals surface area contributed by atoms with E-state index in [4.69, 9.17) is 25.8 Å².